The quantitative estimate of drug-likeness (QED) is 0.876. The van der Waals surface area contributed by atoms with Gasteiger partial charge in [-0.2, -0.15) is 0 Å². The molecule has 2 rings (SSSR count). The third-order valence-electron chi connectivity index (χ3n) is 4.11. The molecule has 5 heteroatoms. The van der Waals surface area contributed by atoms with Crippen molar-refractivity contribution in [2.75, 3.05) is 38.5 Å². The first-order valence-electron chi connectivity index (χ1n) is 7.33. The van der Waals surface area contributed by atoms with Crippen molar-refractivity contribution >= 4 is 24.0 Å². The molecule has 21 heavy (non-hydrogen) atoms. The second kappa shape index (κ2) is 8.37. The summed E-state index contributed by atoms with van der Waals surface area (Å²) < 4.78 is 0. The van der Waals surface area contributed by atoms with Gasteiger partial charge in [0.05, 0.1) is 6.54 Å². The number of benzene rings is 1. The van der Waals surface area contributed by atoms with Crippen LogP contribution in [0.25, 0.3) is 0 Å². The first-order valence-corrected chi connectivity index (χ1v) is 7.33. The van der Waals surface area contributed by atoms with Crippen molar-refractivity contribution in [3.05, 3.63) is 29.3 Å². The highest BCUT2D eigenvalue weighted by Gasteiger charge is 2.23. The Morgan fingerprint density at radius 3 is 2.86 bits per heavy atom. The smallest absolute Gasteiger partial charge is 0.238 e. The zero-order valence-corrected chi connectivity index (χ0v) is 13.9. The first-order chi connectivity index (χ1) is 9.60. The molecule has 1 aromatic carbocycles. The van der Waals surface area contributed by atoms with Crippen molar-refractivity contribution in [2.24, 2.45) is 5.92 Å². The number of aryl methyl sites for hydroxylation is 1. The molecule has 118 valence electrons. The van der Waals surface area contributed by atoms with Crippen LogP contribution in [0.15, 0.2) is 18.2 Å². The Hall–Kier alpha value is -1.10. The maximum atomic E-state index is 12.1. The van der Waals surface area contributed by atoms with Gasteiger partial charge < -0.3 is 10.6 Å². The van der Waals surface area contributed by atoms with Crippen LogP contribution in [0.4, 0.5) is 5.69 Å². The average Bonchev–Trinajstić information content (AvgIpc) is 2.83. The largest absolute Gasteiger partial charge is 0.325 e. The van der Waals surface area contributed by atoms with Gasteiger partial charge >= 0.3 is 0 Å². The minimum Gasteiger partial charge on any atom is -0.325 e. The van der Waals surface area contributed by atoms with Gasteiger partial charge in [0.15, 0.2) is 0 Å². The summed E-state index contributed by atoms with van der Waals surface area (Å²) in [6.45, 7) is 7.67. The molecule has 1 aliphatic rings. The first kappa shape index (κ1) is 18.0. The van der Waals surface area contributed by atoms with Crippen LogP contribution >= 0.6 is 12.4 Å². The Labute approximate surface area is 133 Å². The Bertz CT molecular complexity index is 479. The number of carbonyl (C=O) groups is 1. The van der Waals surface area contributed by atoms with Crippen LogP contribution in [-0.4, -0.2) is 44.0 Å². The zero-order valence-electron chi connectivity index (χ0n) is 13.1. The second-order valence-corrected chi connectivity index (χ2v) is 5.74. The highest BCUT2D eigenvalue weighted by Crippen LogP contribution is 2.19. The third-order valence-corrected chi connectivity index (χ3v) is 4.11. The number of amides is 1. The summed E-state index contributed by atoms with van der Waals surface area (Å²) in [4.78, 5) is 14.4. The lowest BCUT2D eigenvalue weighted by Gasteiger charge is -2.16. The van der Waals surface area contributed by atoms with E-state index >= 15 is 0 Å². The van der Waals surface area contributed by atoms with Crippen molar-refractivity contribution in [1.29, 1.82) is 0 Å². The Kier molecular flexibility index (Phi) is 7.15. The second-order valence-electron chi connectivity index (χ2n) is 5.74. The fourth-order valence-corrected chi connectivity index (χ4v) is 2.79. The molecule has 1 saturated heterocycles. The molecule has 0 radical (unpaired) electrons. The maximum Gasteiger partial charge on any atom is 0.238 e. The van der Waals surface area contributed by atoms with E-state index in [2.05, 4.69) is 28.5 Å². The molecule has 1 aliphatic heterocycles. The Balaban J connectivity index is 0.00000220. The number of likely N-dealkylation sites (tertiary alicyclic amines) is 1. The Morgan fingerprint density at radius 2 is 2.14 bits per heavy atom. The maximum absolute atomic E-state index is 12.1. The highest BCUT2D eigenvalue weighted by molar-refractivity contribution is 5.93. The van der Waals surface area contributed by atoms with E-state index in [1.54, 1.807) is 0 Å². The van der Waals surface area contributed by atoms with Crippen LogP contribution in [0.3, 0.4) is 0 Å². The summed E-state index contributed by atoms with van der Waals surface area (Å²) in [6.07, 6.45) is 1.18. The van der Waals surface area contributed by atoms with Gasteiger partial charge in [-0.15, -0.1) is 12.4 Å². The molecule has 1 fully saturated rings. The molecular weight excluding hydrogens is 286 g/mol. The van der Waals surface area contributed by atoms with Gasteiger partial charge in [-0.25, -0.2) is 0 Å². The minimum atomic E-state index is 0. The van der Waals surface area contributed by atoms with E-state index in [4.69, 9.17) is 0 Å². The summed E-state index contributed by atoms with van der Waals surface area (Å²) in [5.74, 6) is 0.761. The van der Waals surface area contributed by atoms with Gasteiger partial charge in [-0.05, 0) is 63.5 Å². The molecule has 0 bridgehead atoms. The van der Waals surface area contributed by atoms with Gasteiger partial charge in [0.25, 0.3) is 0 Å². The van der Waals surface area contributed by atoms with Crippen molar-refractivity contribution in [3.63, 3.8) is 0 Å². The predicted molar refractivity (Wildman–Crippen MR) is 90.3 cm³/mol. The molecule has 2 N–H and O–H groups in total. The lowest BCUT2D eigenvalue weighted by molar-refractivity contribution is -0.117. The minimum absolute atomic E-state index is 0. The van der Waals surface area contributed by atoms with Gasteiger partial charge in [0, 0.05) is 12.2 Å². The van der Waals surface area contributed by atoms with Gasteiger partial charge in [0.2, 0.25) is 5.91 Å². The SMILES string of the molecule is CNCC1CCN(CC(=O)Nc2cccc(C)c2C)C1.Cl. The van der Waals surface area contributed by atoms with Crippen LogP contribution in [-0.2, 0) is 4.79 Å². The normalized spacial score (nSPS) is 18.3. The van der Waals surface area contributed by atoms with E-state index in [-0.39, 0.29) is 18.3 Å². The standard InChI is InChI=1S/C16H25N3O.ClH/c1-12-5-4-6-15(13(12)2)18-16(20)11-19-8-7-14(10-19)9-17-3;/h4-6,14,17H,7-11H2,1-3H3,(H,18,20);1H. The van der Waals surface area contributed by atoms with Crippen molar-refractivity contribution in [1.82, 2.24) is 10.2 Å². The summed E-state index contributed by atoms with van der Waals surface area (Å²) >= 11 is 0. The molecule has 1 aromatic rings. The molecule has 0 aliphatic carbocycles. The van der Waals surface area contributed by atoms with Gasteiger partial charge in [-0.1, -0.05) is 12.1 Å². The molecular formula is C16H26ClN3O. The number of nitrogens with zero attached hydrogens (tertiary/aromatic N) is 1. The van der Waals surface area contributed by atoms with E-state index in [1.165, 1.54) is 12.0 Å². The van der Waals surface area contributed by atoms with Crippen LogP contribution < -0.4 is 10.6 Å². The lowest BCUT2D eigenvalue weighted by Crippen LogP contribution is -2.32. The Morgan fingerprint density at radius 1 is 1.38 bits per heavy atom. The molecule has 0 spiro atoms. The van der Waals surface area contributed by atoms with Crippen molar-refractivity contribution < 1.29 is 4.79 Å². The fraction of sp³-hybridized carbons (Fsp3) is 0.562. The number of rotatable bonds is 5. The van der Waals surface area contributed by atoms with Crippen molar-refractivity contribution in [3.8, 4) is 0 Å². The highest BCUT2D eigenvalue weighted by atomic mass is 35.5. The topological polar surface area (TPSA) is 44.4 Å². The van der Waals surface area contributed by atoms with E-state index < -0.39 is 0 Å². The number of carbonyl (C=O) groups excluding carboxylic acids is 1. The summed E-state index contributed by atoms with van der Waals surface area (Å²) in [7, 11) is 1.98. The summed E-state index contributed by atoms with van der Waals surface area (Å²) in [5, 5.41) is 6.24. The predicted octanol–water partition coefficient (Wildman–Crippen LogP) is 2.21. The van der Waals surface area contributed by atoms with E-state index in [1.807, 2.05) is 26.1 Å². The molecule has 1 atom stereocenters. The zero-order chi connectivity index (χ0) is 14.5. The summed E-state index contributed by atoms with van der Waals surface area (Å²) in [6, 6.07) is 6.01. The van der Waals surface area contributed by atoms with E-state index in [0.29, 0.717) is 12.5 Å². The van der Waals surface area contributed by atoms with Crippen molar-refractivity contribution in [2.45, 2.75) is 20.3 Å². The van der Waals surface area contributed by atoms with E-state index in [0.717, 1.165) is 30.9 Å². The molecule has 1 amide bonds. The summed E-state index contributed by atoms with van der Waals surface area (Å²) in [5.41, 5.74) is 3.29. The lowest BCUT2D eigenvalue weighted by atomic mass is 10.1. The number of anilines is 1. The van der Waals surface area contributed by atoms with Crippen LogP contribution in [0.5, 0.6) is 0 Å². The number of nitrogens with one attached hydrogen (secondary N) is 2. The molecule has 0 aromatic heterocycles. The van der Waals surface area contributed by atoms with Crippen LogP contribution in [0, 0.1) is 19.8 Å². The third kappa shape index (κ3) is 4.99. The fourth-order valence-electron chi connectivity index (χ4n) is 2.79. The van der Waals surface area contributed by atoms with Gasteiger partial charge in [0.1, 0.15) is 0 Å². The van der Waals surface area contributed by atoms with Crippen LogP contribution in [0.1, 0.15) is 17.5 Å². The van der Waals surface area contributed by atoms with E-state index in [9.17, 15) is 4.79 Å². The molecule has 1 unspecified atom stereocenters. The van der Waals surface area contributed by atoms with Gasteiger partial charge in [-0.3, -0.25) is 9.69 Å². The average molecular weight is 312 g/mol. The number of hydrogen-bond donors (Lipinski definition) is 2. The van der Waals surface area contributed by atoms with Crippen LogP contribution in [0.2, 0.25) is 0 Å². The molecule has 1 heterocycles. The monoisotopic (exact) mass is 311 g/mol. The molecule has 4 nitrogen and oxygen atoms in total. The number of hydrogen-bond acceptors (Lipinski definition) is 3. The molecule has 0 saturated carbocycles. The number of halogens is 1.